The molecule has 0 saturated heterocycles. The fraction of sp³-hybridized carbons (Fsp3) is 0.375. The number of nitrogens with zero attached hydrogens (tertiary/aromatic N) is 2. The molecule has 1 heterocycles. The van der Waals surface area contributed by atoms with Gasteiger partial charge in [0.15, 0.2) is 11.6 Å². The van der Waals surface area contributed by atoms with Gasteiger partial charge in [0.2, 0.25) is 0 Å². The Labute approximate surface area is 123 Å². The summed E-state index contributed by atoms with van der Waals surface area (Å²) in [5.41, 5.74) is 1.60. The Morgan fingerprint density at radius 1 is 1.19 bits per heavy atom. The Balaban J connectivity index is 2.21. The number of halogens is 2. The molecule has 0 amide bonds. The molecule has 1 unspecified atom stereocenters. The fourth-order valence-electron chi connectivity index (χ4n) is 2.17. The standard InChI is InChI=1S/C16H19F2N3/c1-3-7-20-16(15-6-8-19-11(2)21-15)10-12-4-5-13(17)14(18)9-12/h4-6,8-9,16,20H,3,7,10H2,1-2H3. The van der Waals surface area contributed by atoms with E-state index in [0.29, 0.717) is 12.2 Å². The summed E-state index contributed by atoms with van der Waals surface area (Å²) >= 11 is 0. The maximum atomic E-state index is 13.3. The minimum atomic E-state index is -0.824. The van der Waals surface area contributed by atoms with Crippen molar-refractivity contribution in [3.8, 4) is 0 Å². The van der Waals surface area contributed by atoms with Crippen LogP contribution in [-0.2, 0) is 6.42 Å². The Bertz CT molecular complexity index is 602. The van der Waals surface area contributed by atoms with E-state index in [9.17, 15) is 8.78 Å². The van der Waals surface area contributed by atoms with Crippen molar-refractivity contribution < 1.29 is 8.78 Å². The molecule has 0 aliphatic rings. The van der Waals surface area contributed by atoms with E-state index in [1.165, 1.54) is 6.07 Å². The summed E-state index contributed by atoms with van der Waals surface area (Å²) in [5, 5.41) is 3.39. The largest absolute Gasteiger partial charge is 0.308 e. The summed E-state index contributed by atoms with van der Waals surface area (Å²) in [6, 6.07) is 5.81. The van der Waals surface area contributed by atoms with Crippen molar-refractivity contribution in [3.05, 3.63) is 59.2 Å². The highest BCUT2D eigenvalue weighted by molar-refractivity contribution is 5.21. The average molecular weight is 291 g/mol. The third-order valence-electron chi connectivity index (χ3n) is 3.22. The minimum absolute atomic E-state index is 0.0449. The lowest BCUT2D eigenvalue weighted by molar-refractivity contribution is 0.496. The molecule has 0 radical (unpaired) electrons. The lowest BCUT2D eigenvalue weighted by Crippen LogP contribution is -2.25. The Morgan fingerprint density at radius 3 is 2.67 bits per heavy atom. The Kier molecular flexibility index (Phi) is 5.33. The minimum Gasteiger partial charge on any atom is -0.308 e. The Hall–Kier alpha value is -1.88. The van der Waals surface area contributed by atoms with Crippen molar-refractivity contribution in [2.24, 2.45) is 0 Å². The summed E-state index contributed by atoms with van der Waals surface area (Å²) in [5.74, 6) is -0.948. The zero-order valence-electron chi connectivity index (χ0n) is 12.2. The first-order valence-electron chi connectivity index (χ1n) is 7.07. The molecule has 0 aliphatic carbocycles. The van der Waals surface area contributed by atoms with Crippen molar-refractivity contribution >= 4 is 0 Å². The fourth-order valence-corrected chi connectivity index (χ4v) is 2.17. The predicted molar refractivity (Wildman–Crippen MR) is 77.9 cm³/mol. The van der Waals surface area contributed by atoms with Gasteiger partial charge in [0, 0.05) is 6.20 Å². The van der Waals surface area contributed by atoms with Gasteiger partial charge in [-0.25, -0.2) is 18.7 Å². The van der Waals surface area contributed by atoms with Gasteiger partial charge < -0.3 is 5.32 Å². The number of nitrogens with one attached hydrogen (secondary N) is 1. The average Bonchev–Trinajstić information content (AvgIpc) is 2.47. The molecule has 1 aromatic heterocycles. The SMILES string of the molecule is CCCNC(Cc1ccc(F)c(F)c1)c1ccnc(C)n1. The highest BCUT2D eigenvalue weighted by Gasteiger charge is 2.14. The number of rotatable bonds is 6. The molecule has 0 saturated carbocycles. The molecule has 2 aromatic rings. The third kappa shape index (κ3) is 4.29. The molecule has 0 bridgehead atoms. The smallest absolute Gasteiger partial charge is 0.159 e. The second kappa shape index (κ2) is 7.22. The van der Waals surface area contributed by atoms with Crippen molar-refractivity contribution in [2.45, 2.75) is 32.7 Å². The molecule has 21 heavy (non-hydrogen) atoms. The zero-order chi connectivity index (χ0) is 15.2. The van der Waals surface area contributed by atoms with Crippen LogP contribution in [0.25, 0.3) is 0 Å². The van der Waals surface area contributed by atoms with Crippen LogP contribution >= 0.6 is 0 Å². The molecular formula is C16H19F2N3. The van der Waals surface area contributed by atoms with E-state index in [0.717, 1.165) is 30.3 Å². The predicted octanol–water partition coefficient (Wildman–Crippen LogP) is 3.35. The number of benzene rings is 1. The maximum absolute atomic E-state index is 13.3. The molecule has 1 N–H and O–H groups in total. The molecule has 0 aliphatic heterocycles. The quantitative estimate of drug-likeness (QED) is 0.887. The second-order valence-corrected chi connectivity index (χ2v) is 4.99. The first-order valence-corrected chi connectivity index (χ1v) is 7.07. The van der Waals surface area contributed by atoms with Crippen molar-refractivity contribution in [2.75, 3.05) is 6.54 Å². The highest BCUT2D eigenvalue weighted by Crippen LogP contribution is 2.18. The van der Waals surface area contributed by atoms with Crippen molar-refractivity contribution in [3.63, 3.8) is 0 Å². The first-order chi connectivity index (χ1) is 10.1. The van der Waals surface area contributed by atoms with E-state index < -0.39 is 11.6 Å². The third-order valence-corrected chi connectivity index (χ3v) is 3.22. The first kappa shape index (κ1) is 15.5. The van der Waals surface area contributed by atoms with Gasteiger partial charge in [0.05, 0.1) is 11.7 Å². The molecule has 2 rings (SSSR count). The van der Waals surface area contributed by atoms with Gasteiger partial charge in [-0.1, -0.05) is 13.0 Å². The molecule has 0 fully saturated rings. The van der Waals surface area contributed by atoms with Crippen LogP contribution in [0.5, 0.6) is 0 Å². The summed E-state index contributed by atoms with van der Waals surface area (Å²) in [6.45, 7) is 4.74. The molecular weight excluding hydrogens is 272 g/mol. The summed E-state index contributed by atoms with van der Waals surface area (Å²) in [4.78, 5) is 8.51. The van der Waals surface area contributed by atoms with Crippen LogP contribution in [0.3, 0.4) is 0 Å². The van der Waals surface area contributed by atoms with Crippen LogP contribution in [0, 0.1) is 18.6 Å². The van der Waals surface area contributed by atoms with E-state index >= 15 is 0 Å². The van der Waals surface area contributed by atoms with Crippen LogP contribution in [0.4, 0.5) is 8.78 Å². The number of aryl methyl sites for hydroxylation is 1. The van der Waals surface area contributed by atoms with Crippen LogP contribution in [-0.4, -0.2) is 16.5 Å². The monoisotopic (exact) mass is 291 g/mol. The highest BCUT2D eigenvalue weighted by atomic mass is 19.2. The van der Waals surface area contributed by atoms with E-state index in [1.807, 2.05) is 13.0 Å². The van der Waals surface area contributed by atoms with Crippen LogP contribution < -0.4 is 5.32 Å². The number of hydrogen-bond donors (Lipinski definition) is 1. The zero-order valence-corrected chi connectivity index (χ0v) is 12.2. The topological polar surface area (TPSA) is 37.8 Å². The summed E-state index contributed by atoms with van der Waals surface area (Å²) in [7, 11) is 0. The van der Waals surface area contributed by atoms with Gasteiger partial charge in [0.25, 0.3) is 0 Å². The van der Waals surface area contributed by atoms with Gasteiger partial charge in [-0.2, -0.15) is 0 Å². The van der Waals surface area contributed by atoms with E-state index in [1.54, 1.807) is 12.3 Å². The molecule has 5 heteroatoms. The molecule has 1 aromatic carbocycles. The number of aromatic nitrogens is 2. The Morgan fingerprint density at radius 2 is 2.00 bits per heavy atom. The normalized spacial score (nSPS) is 12.4. The van der Waals surface area contributed by atoms with Crippen LogP contribution in [0.1, 0.15) is 36.5 Å². The summed E-state index contributed by atoms with van der Waals surface area (Å²) in [6.07, 6.45) is 3.25. The molecule has 112 valence electrons. The van der Waals surface area contributed by atoms with Gasteiger partial charge in [-0.3, -0.25) is 0 Å². The number of hydrogen-bond acceptors (Lipinski definition) is 3. The van der Waals surface area contributed by atoms with E-state index in [4.69, 9.17) is 0 Å². The maximum Gasteiger partial charge on any atom is 0.159 e. The summed E-state index contributed by atoms with van der Waals surface area (Å²) < 4.78 is 26.3. The van der Waals surface area contributed by atoms with Gasteiger partial charge >= 0.3 is 0 Å². The van der Waals surface area contributed by atoms with Crippen LogP contribution in [0.2, 0.25) is 0 Å². The molecule has 3 nitrogen and oxygen atoms in total. The van der Waals surface area contributed by atoms with Crippen molar-refractivity contribution in [1.82, 2.24) is 15.3 Å². The van der Waals surface area contributed by atoms with E-state index in [-0.39, 0.29) is 6.04 Å². The van der Waals surface area contributed by atoms with Crippen molar-refractivity contribution in [1.29, 1.82) is 0 Å². The van der Waals surface area contributed by atoms with E-state index in [2.05, 4.69) is 22.2 Å². The molecule has 0 spiro atoms. The second-order valence-electron chi connectivity index (χ2n) is 4.99. The lowest BCUT2D eigenvalue weighted by Gasteiger charge is -2.18. The van der Waals surface area contributed by atoms with Gasteiger partial charge in [0.1, 0.15) is 5.82 Å². The van der Waals surface area contributed by atoms with Crippen LogP contribution in [0.15, 0.2) is 30.5 Å². The van der Waals surface area contributed by atoms with Gasteiger partial charge in [-0.15, -0.1) is 0 Å². The molecule has 1 atom stereocenters. The lowest BCUT2D eigenvalue weighted by atomic mass is 10.0. The van der Waals surface area contributed by atoms with Gasteiger partial charge in [-0.05, 0) is 50.1 Å².